The SMILES string of the molecule is C#CCOc1c(Br)cc(C=C2SC(NC(C)=O)=NC2=O)cc1Br. The topological polar surface area (TPSA) is 67.8 Å². The molecule has 5 nitrogen and oxygen atoms in total. The van der Waals surface area contributed by atoms with Gasteiger partial charge in [0.15, 0.2) is 5.17 Å². The lowest BCUT2D eigenvalue weighted by Gasteiger charge is -2.09. The van der Waals surface area contributed by atoms with Gasteiger partial charge in [-0.1, -0.05) is 5.92 Å². The van der Waals surface area contributed by atoms with Gasteiger partial charge in [-0.05, 0) is 67.4 Å². The second kappa shape index (κ2) is 7.81. The Kier molecular flexibility index (Phi) is 6.04. The first-order valence-electron chi connectivity index (χ1n) is 6.26. The number of halogens is 2. The van der Waals surface area contributed by atoms with E-state index in [1.165, 1.54) is 6.92 Å². The molecule has 1 aliphatic heterocycles. The summed E-state index contributed by atoms with van der Waals surface area (Å²) in [7, 11) is 0. The molecule has 1 aliphatic rings. The fourth-order valence-corrected chi connectivity index (χ4v) is 3.99. The number of hydrogen-bond donors (Lipinski definition) is 1. The van der Waals surface area contributed by atoms with Gasteiger partial charge in [0.25, 0.3) is 5.91 Å². The molecule has 0 saturated heterocycles. The van der Waals surface area contributed by atoms with E-state index in [9.17, 15) is 9.59 Å². The summed E-state index contributed by atoms with van der Waals surface area (Å²) in [4.78, 5) is 27.1. The quantitative estimate of drug-likeness (QED) is 0.558. The van der Waals surface area contributed by atoms with E-state index in [0.717, 1.165) is 17.3 Å². The largest absolute Gasteiger partial charge is 0.479 e. The van der Waals surface area contributed by atoms with Gasteiger partial charge in [-0.15, -0.1) is 6.42 Å². The summed E-state index contributed by atoms with van der Waals surface area (Å²) in [6, 6.07) is 3.60. The van der Waals surface area contributed by atoms with Gasteiger partial charge in [-0.2, -0.15) is 4.99 Å². The second-order valence-corrected chi connectivity index (χ2v) is 7.06. The Bertz CT molecular complexity index is 758. The van der Waals surface area contributed by atoms with Crippen LogP contribution in [-0.4, -0.2) is 23.6 Å². The highest BCUT2D eigenvalue weighted by molar-refractivity contribution is 9.11. The first-order chi connectivity index (χ1) is 10.9. The molecule has 0 radical (unpaired) electrons. The van der Waals surface area contributed by atoms with Crippen LogP contribution in [-0.2, 0) is 9.59 Å². The summed E-state index contributed by atoms with van der Waals surface area (Å²) >= 11 is 7.93. The Morgan fingerprint density at radius 1 is 1.48 bits per heavy atom. The zero-order valence-electron chi connectivity index (χ0n) is 11.9. The van der Waals surface area contributed by atoms with Gasteiger partial charge in [0.2, 0.25) is 5.91 Å². The maximum Gasteiger partial charge on any atom is 0.286 e. The van der Waals surface area contributed by atoms with E-state index in [1.54, 1.807) is 18.2 Å². The van der Waals surface area contributed by atoms with Crippen LogP contribution >= 0.6 is 43.6 Å². The Hall–Kier alpha value is -1.56. The van der Waals surface area contributed by atoms with Crippen molar-refractivity contribution in [2.75, 3.05) is 6.61 Å². The van der Waals surface area contributed by atoms with Crippen molar-refractivity contribution >= 4 is 66.7 Å². The lowest BCUT2D eigenvalue weighted by molar-refractivity contribution is -0.117. The first kappa shape index (κ1) is 17.8. The van der Waals surface area contributed by atoms with E-state index < -0.39 is 5.91 Å². The molecule has 0 spiro atoms. The van der Waals surface area contributed by atoms with Crippen LogP contribution in [0.25, 0.3) is 6.08 Å². The standard InChI is InChI=1S/C15H10Br2N2O3S/c1-3-4-22-13-10(16)5-9(6-11(13)17)7-12-14(21)19-15(23-12)18-8(2)20/h1,5-7H,4H2,2H3,(H,18,19,20,21). The van der Waals surface area contributed by atoms with E-state index in [1.807, 2.05) is 0 Å². The van der Waals surface area contributed by atoms with Crippen LogP contribution in [0.15, 0.2) is 31.0 Å². The summed E-state index contributed by atoms with van der Waals surface area (Å²) in [5.41, 5.74) is 0.770. The summed E-state index contributed by atoms with van der Waals surface area (Å²) in [5, 5.41) is 2.78. The Morgan fingerprint density at radius 3 is 2.70 bits per heavy atom. The van der Waals surface area contributed by atoms with Gasteiger partial charge >= 0.3 is 0 Å². The maximum atomic E-state index is 11.9. The molecular weight excluding hydrogens is 448 g/mol. The van der Waals surface area contributed by atoms with Crippen LogP contribution in [0.1, 0.15) is 12.5 Å². The molecule has 8 heteroatoms. The number of benzene rings is 1. The van der Waals surface area contributed by atoms with E-state index in [2.05, 4.69) is 48.1 Å². The number of amidine groups is 1. The van der Waals surface area contributed by atoms with Crippen LogP contribution < -0.4 is 10.1 Å². The molecule has 0 unspecified atom stereocenters. The van der Waals surface area contributed by atoms with Crippen LogP contribution in [0.3, 0.4) is 0 Å². The Balaban J connectivity index is 2.23. The number of amides is 2. The van der Waals surface area contributed by atoms with Gasteiger partial charge in [0.05, 0.1) is 13.9 Å². The molecule has 1 N–H and O–H groups in total. The van der Waals surface area contributed by atoms with Crippen LogP contribution in [0.4, 0.5) is 0 Å². The molecule has 0 bridgehead atoms. The minimum atomic E-state index is -0.390. The summed E-state index contributed by atoms with van der Waals surface area (Å²) in [5.74, 6) is 2.32. The number of aliphatic imine (C=N–C) groups is 1. The molecule has 0 fully saturated rings. The van der Waals surface area contributed by atoms with Gasteiger partial charge in [-0.3, -0.25) is 9.59 Å². The number of carbonyl (C=O) groups is 2. The van der Waals surface area contributed by atoms with Crippen molar-refractivity contribution in [3.05, 3.63) is 31.5 Å². The lowest BCUT2D eigenvalue weighted by atomic mass is 10.2. The fraction of sp³-hybridized carbons (Fsp3) is 0.133. The molecule has 0 saturated carbocycles. The minimum Gasteiger partial charge on any atom is -0.479 e. The molecule has 0 atom stereocenters. The number of hydrogen-bond acceptors (Lipinski definition) is 4. The first-order valence-corrected chi connectivity index (χ1v) is 8.66. The highest BCUT2D eigenvalue weighted by Crippen LogP contribution is 2.36. The maximum absolute atomic E-state index is 11.9. The van der Waals surface area contributed by atoms with Crippen molar-refractivity contribution in [3.63, 3.8) is 0 Å². The number of thioether (sulfide) groups is 1. The van der Waals surface area contributed by atoms with E-state index in [0.29, 0.717) is 19.6 Å². The normalized spacial score (nSPS) is 15.3. The monoisotopic (exact) mass is 456 g/mol. The number of carbonyl (C=O) groups excluding carboxylic acids is 2. The number of rotatable bonds is 3. The highest BCUT2D eigenvalue weighted by Gasteiger charge is 2.22. The second-order valence-electron chi connectivity index (χ2n) is 4.32. The number of nitrogens with one attached hydrogen (secondary N) is 1. The molecular formula is C15H10Br2N2O3S. The van der Waals surface area contributed by atoms with Crippen molar-refractivity contribution in [3.8, 4) is 18.1 Å². The van der Waals surface area contributed by atoms with E-state index >= 15 is 0 Å². The molecule has 0 aromatic heterocycles. The third-order valence-corrected chi connectivity index (χ3v) is 4.60. The van der Waals surface area contributed by atoms with Crippen LogP contribution in [0, 0.1) is 12.3 Å². The molecule has 2 rings (SSSR count). The van der Waals surface area contributed by atoms with Gasteiger partial charge in [0.1, 0.15) is 12.4 Å². The zero-order chi connectivity index (χ0) is 17.0. The van der Waals surface area contributed by atoms with Crippen molar-refractivity contribution < 1.29 is 14.3 Å². The number of terminal acetylenes is 1. The van der Waals surface area contributed by atoms with Gasteiger partial charge in [0, 0.05) is 6.92 Å². The van der Waals surface area contributed by atoms with Crippen LogP contribution in [0.2, 0.25) is 0 Å². The summed E-state index contributed by atoms with van der Waals surface area (Å²) in [6.45, 7) is 1.51. The zero-order valence-corrected chi connectivity index (χ0v) is 15.8. The Labute approximate surface area is 154 Å². The van der Waals surface area contributed by atoms with Crippen LogP contribution in [0.5, 0.6) is 5.75 Å². The van der Waals surface area contributed by atoms with Gasteiger partial charge in [-0.25, -0.2) is 0 Å². The summed E-state index contributed by atoms with van der Waals surface area (Å²) < 4.78 is 6.83. The third-order valence-electron chi connectivity index (χ3n) is 2.52. The van der Waals surface area contributed by atoms with E-state index in [-0.39, 0.29) is 17.7 Å². The molecule has 0 aliphatic carbocycles. The van der Waals surface area contributed by atoms with Crippen molar-refractivity contribution in [2.45, 2.75) is 6.92 Å². The molecule has 23 heavy (non-hydrogen) atoms. The predicted octanol–water partition coefficient (Wildman–Crippen LogP) is 3.33. The van der Waals surface area contributed by atoms with Crippen molar-refractivity contribution in [2.24, 2.45) is 4.99 Å². The number of nitrogens with zero attached hydrogens (tertiary/aromatic N) is 1. The van der Waals surface area contributed by atoms with Crippen molar-refractivity contribution in [1.29, 1.82) is 0 Å². The average molecular weight is 458 g/mol. The van der Waals surface area contributed by atoms with Gasteiger partial charge < -0.3 is 10.1 Å². The lowest BCUT2D eigenvalue weighted by Crippen LogP contribution is -2.23. The van der Waals surface area contributed by atoms with Crippen molar-refractivity contribution in [1.82, 2.24) is 5.32 Å². The molecule has 2 amide bonds. The third kappa shape index (κ3) is 4.70. The molecule has 118 valence electrons. The average Bonchev–Trinajstić information content (AvgIpc) is 2.77. The molecule has 1 aromatic carbocycles. The Morgan fingerprint density at radius 2 is 2.13 bits per heavy atom. The fourth-order valence-electron chi connectivity index (χ4n) is 1.68. The summed E-state index contributed by atoms with van der Waals surface area (Å²) in [6.07, 6.45) is 6.87. The smallest absolute Gasteiger partial charge is 0.286 e. The predicted molar refractivity (Wildman–Crippen MR) is 98.0 cm³/mol. The molecule has 1 heterocycles. The molecule has 1 aromatic rings. The van der Waals surface area contributed by atoms with E-state index in [4.69, 9.17) is 11.2 Å². The highest BCUT2D eigenvalue weighted by atomic mass is 79.9. The number of ether oxygens (including phenoxy) is 1. The minimum absolute atomic E-state index is 0.153.